The number of rotatable bonds is 7. The number of nitrogens with one attached hydrogen (secondary N) is 4. The van der Waals surface area contributed by atoms with E-state index < -0.39 is 41.2 Å². The number of aromatic nitrogens is 4. The summed E-state index contributed by atoms with van der Waals surface area (Å²) in [6.07, 6.45) is 2.96. The van der Waals surface area contributed by atoms with Crippen LogP contribution in [0.3, 0.4) is 0 Å². The van der Waals surface area contributed by atoms with E-state index in [2.05, 4.69) is 48.5 Å². The first kappa shape index (κ1) is 39.0. The molecule has 0 saturated heterocycles. The zero-order chi connectivity index (χ0) is 39.1. The fourth-order valence-electron chi connectivity index (χ4n) is 7.32. The third kappa shape index (κ3) is 9.34. The van der Waals surface area contributed by atoms with Crippen LogP contribution in [0.5, 0.6) is 0 Å². The summed E-state index contributed by atoms with van der Waals surface area (Å²) in [6.45, 7) is 12.0. The molecule has 4 aromatic rings. The van der Waals surface area contributed by atoms with Gasteiger partial charge in [-0.3, -0.25) is 9.59 Å². The zero-order valence-corrected chi connectivity index (χ0v) is 31.8. The maximum Gasteiger partial charge on any atom is 0.248 e. The fourth-order valence-corrected chi connectivity index (χ4v) is 7.32. The van der Waals surface area contributed by atoms with Gasteiger partial charge in [-0.15, -0.1) is 0 Å². The highest BCUT2D eigenvalue weighted by molar-refractivity contribution is 5.88. The predicted octanol–water partition coefficient (Wildman–Crippen LogP) is 9.41. The van der Waals surface area contributed by atoms with Crippen LogP contribution in [0.1, 0.15) is 128 Å². The lowest BCUT2D eigenvalue weighted by molar-refractivity contribution is -0.131. The Hall–Kier alpha value is -4.66. The molecule has 2 amide bonds. The van der Waals surface area contributed by atoms with E-state index in [1.165, 1.54) is 0 Å². The van der Waals surface area contributed by atoms with Gasteiger partial charge in [0.1, 0.15) is 17.3 Å². The fraction of sp³-hybridized carbons (Fsp3) is 0.524. The van der Waals surface area contributed by atoms with Crippen molar-refractivity contribution < 1.29 is 27.2 Å². The summed E-state index contributed by atoms with van der Waals surface area (Å²) in [4.78, 5) is 42.0. The molecule has 2 aromatic carbocycles. The van der Waals surface area contributed by atoms with E-state index in [-0.39, 0.29) is 68.6 Å². The molecular formula is C42H50F4N6O2. The van der Waals surface area contributed by atoms with Gasteiger partial charge in [0.15, 0.2) is 0 Å². The molecule has 0 spiro atoms. The predicted molar refractivity (Wildman–Crippen MR) is 201 cm³/mol. The number of hydrogen-bond donors (Lipinski definition) is 4. The second-order valence-electron chi connectivity index (χ2n) is 17.3. The molecule has 12 heteroatoms. The van der Waals surface area contributed by atoms with Crippen LogP contribution in [0.25, 0.3) is 22.0 Å². The van der Waals surface area contributed by atoms with Crippen molar-refractivity contribution in [3.05, 3.63) is 71.7 Å². The lowest BCUT2D eigenvalue weighted by Crippen LogP contribution is -2.42. The largest absolute Gasteiger partial charge is 0.345 e. The average Bonchev–Trinajstić information content (AvgIpc) is 3.77. The zero-order valence-electron chi connectivity index (χ0n) is 31.8. The van der Waals surface area contributed by atoms with Gasteiger partial charge in [0.25, 0.3) is 0 Å². The van der Waals surface area contributed by atoms with Gasteiger partial charge in [-0.1, -0.05) is 65.7 Å². The van der Waals surface area contributed by atoms with Crippen molar-refractivity contribution in [1.29, 1.82) is 0 Å². The van der Waals surface area contributed by atoms with Gasteiger partial charge in [-0.05, 0) is 71.4 Å². The smallest absolute Gasteiger partial charge is 0.248 e. The summed E-state index contributed by atoms with van der Waals surface area (Å²) >= 11 is 0. The van der Waals surface area contributed by atoms with Gasteiger partial charge in [-0.25, -0.2) is 27.5 Å². The van der Waals surface area contributed by atoms with Gasteiger partial charge in [0, 0.05) is 48.6 Å². The number of alkyl halides is 4. The maximum absolute atomic E-state index is 13.7. The molecule has 2 heterocycles. The summed E-state index contributed by atoms with van der Waals surface area (Å²) in [7, 11) is 0. The SMILES string of the molecule is CC(C)(C)[C@H](NC(=O)C1CCC(F)(F)CC1)c1ncc(C#Cc2ccc3cc(-c4cnc([C@@H](NC(=O)C5CCC(F)(F)CC5)C(C)(C)C)[nH]4)ccc3c2)[nH]1. The van der Waals surface area contributed by atoms with Crippen LogP contribution >= 0.6 is 0 Å². The van der Waals surface area contributed by atoms with E-state index in [1.807, 2.05) is 71.9 Å². The number of fused-ring (bicyclic) bond motifs is 1. The Morgan fingerprint density at radius 2 is 1.19 bits per heavy atom. The van der Waals surface area contributed by atoms with Crippen LogP contribution in [0, 0.1) is 34.5 Å². The highest BCUT2D eigenvalue weighted by atomic mass is 19.3. The topological polar surface area (TPSA) is 116 Å². The Labute approximate surface area is 314 Å². The number of nitrogens with zero attached hydrogens (tertiary/aromatic N) is 2. The minimum atomic E-state index is -2.70. The van der Waals surface area contributed by atoms with Gasteiger partial charge in [0.05, 0.1) is 30.2 Å². The van der Waals surface area contributed by atoms with Crippen LogP contribution in [0.15, 0.2) is 48.8 Å². The number of imidazole rings is 2. The highest BCUT2D eigenvalue weighted by Gasteiger charge is 2.41. The molecule has 2 aliphatic carbocycles. The molecule has 2 saturated carbocycles. The van der Waals surface area contributed by atoms with Crippen molar-refractivity contribution in [3.63, 3.8) is 0 Å². The molecule has 2 aliphatic rings. The van der Waals surface area contributed by atoms with Crippen LogP contribution in [0.4, 0.5) is 17.6 Å². The van der Waals surface area contributed by atoms with Crippen molar-refractivity contribution in [1.82, 2.24) is 30.6 Å². The molecule has 0 aliphatic heterocycles. The molecule has 2 fully saturated rings. The molecular weight excluding hydrogens is 696 g/mol. The number of amides is 2. The molecule has 6 rings (SSSR count). The number of carbonyl (C=O) groups excluding carboxylic acids is 2. The summed E-state index contributed by atoms with van der Waals surface area (Å²) in [6, 6.07) is 11.1. The molecule has 54 heavy (non-hydrogen) atoms. The number of aromatic amines is 2. The first-order chi connectivity index (χ1) is 25.3. The van der Waals surface area contributed by atoms with Crippen molar-refractivity contribution in [3.8, 4) is 23.1 Å². The van der Waals surface area contributed by atoms with Gasteiger partial charge >= 0.3 is 0 Å². The van der Waals surface area contributed by atoms with Crippen LogP contribution in [-0.2, 0) is 9.59 Å². The number of hydrogen-bond acceptors (Lipinski definition) is 4. The van der Waals surface area contributed by atoms with Crippen LogP contribution in [0.2, 0.25) is 0 Å². The molecule has 0 unspecified atom stereocenters. The lowest BCUT2D eigenvalue weighted by Gasteiger charge is -2.33. The van der Waals surface area contributed by atoms with E-state index in [4.69, 9.17) is 0 Å². The van der Waals surface area contributed by atoms with Crippen molar-refractivity contribution >= 4 is 22.6 Å². The molecule has 8 nitrogen and oxygen atoms in total. The highest BCUT2D eigenvalue weighted by Crippen LogP contribution is 2.39. The number of halogens is 4. The van der Waals surface area contributed by atoms with Gasteiger partial charge in [0.2, 0.25) is 23.7 Å². The number of benzene rings is 2. The van der Waals surface area contributed by atoms with Crippen molar-refractivity contribution in [2.75, 3.05) is 0 Å². The third-order valence-electron chi connectivity index (χ3n) is 10.7. The second kappa shape index (κ2) is 14.9. The van der Waals surface area contributed by atoms with Crippen LogP contribution < -0.4 is 10.6 Å². The minimum Gasteiger partial charge on any atom is -0.345 e. The molecule has 288 valence electrons. The number of carbonyl (C=O) groups is 2. The van der Waals surface area contributed by atoms with E-state index in [0.29, 0.717) is 17.3 Å². The Bertz CT molecular complexity index is 2040. The van der Waals surface area contributed by atoms with Gasteiger partial charge < -0.3 is 20.6 Å². The summed E-state index contributed by atoms with van der Waals surface area (Å²) in [5, 5.41) is 8.14. The van der Waals surface area contributed by atoms with Crippen LogP contribution in [-0.4, -0.2) is 43.6 Å². The second-order valence-corrected chi connectivity index (χ2v) is 17.3. The first-order valence-electron chi connectivity index (χ1n) is 18.8. The minimum absolute atomic E-state index is 0.164. The van der Waals surface area contributed by atoms with E-state index in [1.54, 1.807) is 12.4 Å². The third-order valence-corrected chi connectivity index (χ3v) is 10.7. The Morgan fingerprint density at radius 3 is 1.72 bits per heavy atom. The van der Waals surface area contributed by atoms with E-state index >= 15 is 0 Å². The monoisotopic (exact) mass is 746 g/mol. The summed E-state index contributed by atoms with van der Waals surface area (Å²) < 4.78 is 54.7. The summed E-state index contributed by atoms with van der Waals surface area (Å²) in [5.41, 5.74) is 2.31. The Kier molecular flexibility index (Phi) is 10.8. The quantitative estimate of drug-likeness (QED) is 0.111. The van der Waals surface area contributed by atoms with Crippen molar-refractivity contribution in [2.24, 2.45) is 22.7 Å². The molecule has 0 bridgehead atoms. The molecule has 2 aromatic heterocycles. The molecule has 4 N–H and O–H groups in total. The standard InChI is InChI=1S/C42H50F4N6O2/c1-39(2,3)33(51-37(53)26-13-17-41(43,44)18-14-26)35-47-23-31(49-35)12-8-25-7-9-29-22-30(11-10-28(29)21-25)32-24-48-36(50-32)34(40(4,5)6)52-38(54)27-15-19-42(45,46)20-16-27/h7,9-11,21-24,26-27,33-34H,13-20H2,1-6H3,(H,47,49)(H,48,50)(H,51,53)(H,52,54)/t33-,34-/m1/s1. The number of H-pyrrole nitrogens is 2. The Morgan fingerprint density at radius 1 is 0.704 bits per heavy atom. The molecule has 0 radical (unpaired) electrons. The Balaban J connectivity index is 1.13. The van der Waals surface area contributed by atoms with Gasteiger partial charge in [-0.2, -0.15) is 0 Å². The average molecular weight is 747 g/mol. The molecule has 2 atom stereocenters. The summed E-state index contributed by atoms with van der Waals surface area (Å²) in [5.74, 6) is 0.775. The normalized spacial score (nSPS) is 19.1. The first-order valence-corrected chi connectivity index (χ1v) is 18.8. The lowest BCUT2D eigenvalue weighted by atomic mass is 9.83. The van der Waals surface area contributed by atoms with E-state index in [0.717, 1.165) is 27.6 Å². The maximum atomic E-state index is 13.7. The van der Waals surface area contributed by atoms with E-state index in [9.17, 15) is 27.2 Å². The van der Waals surface area contributed by atoms with Crippen molar-refractivity contribution in [2.45, 2.75) is 117 Å².